The first kappa shape index (κ1) is 18.2. The third kappa shape index (κ3) is 4.54. The van der Waals surface area contributed by atoms with Crippen molar-refractivity contribution in [3.05, 3.63) is 59.9 Å². The number of benzene rings is 2. The lowest BCUT2D eigenvalue weighted by atomic mass is 10.1. The molecule has 3 rings (SSSR count). The number of ether oxygens (including phenoxy) is 1. The largest absolute Gasteiger partial charge is 0.483 e. The average Bonchev–Trinajstić information content (AvgIpc) is 2.93. The van der Waals surface area contributed by atoms with E-state index in [0.717, 1.165) is 49.5 Å². The number of carbonyl (C=O) groups excluding carboxylic acids is 1. The molecule has 0 N–H and O–H groups in total. The normalized spacial score (nSPS) is 14.8. The second kappa shape index (κ2) is 8.70. The molecular formula is C21H25FN2O2. The summed E-state index contributed by atoms with van der Waals surface area (Å²) < 4.78 is 18.9. The minimum absolute atomic E-state index is 0.0110. The number of halogens is 1. The van der Waals surface area contributed by atoms with Crippen LogP contribution >= 0.6 is 0 Å². The first-order chi connectivity index (χ1) is 12.7. The van der Waals surface area contributed by atoms with Crippen molar-refractivity contribution < 1.29 is 13.9 Å². The van der Waals surface area contributed by atoms with Crippen LogP contribution < -0.4 is 9.64 Å². The summed E-state index contributed by atoms with van der Waals surface area (Å²) in [4.78, 5) is 16.6. The molecule has 2 aromatic carbocycles. The van der Waals surface area contributed by atoms with Gasteiger partial charge in [-0.2, -0.15) is 0 Å². The van der Waals surface area contributed by atoms with Crippen molar-refractivity contribution in [2.45, 2.75) is 19.8 Å². The highest BCUT2D eigenvalue weighted by atomic mass is 19.1. The molecule has 138 valence electrons. The van der Waals surface area contributed by atoms with Gasteiger partial charge >= 0.3 is 0 Å². The van der Waals surface area contributed by atoms with Crippen LogP contribution in [0.25, 0.3) is 0 Å². The number of aryl methyl sites for hydroxylation is 1. The van der Waals surface area contributed by atoms with Crippen molar-refractivity contribution >= 4 is 11.6 Å². The van der Waals surface area contributed by atoms with Crippen molar-refractivity contribution in [1.29, 1.82) is 0 Å². The van der Waals surface area contributed by atoms with Crippen LogP contribution in [-0.4, -0.2) is 43.6 Å². The van der Waals surface area contributed by atoms with Gasteiger partial charge in [0.2, 0.25) is 0 Å². The fraction of sp³-hybridized carbons (Fsp3) is 0.381. The van der Waals surface area contributed by atoms with E-state index in [1.54, 1.807) is 12.1 Å². The maximum Gasteiger partial charge on any atom is 0.260 e. The van der Waals surface area contributed by atoms with Crippen LogP contribution in [0, 0.1) is 5.82 Å². The molecule has 1 saturated heterocycles. The van der Waals surface area contributed by atoms with Gasteiger partial charge in [-0.05, 0) is 48.7 Å². The SMILES string of the molecule is CCc1ccccc1OCC(=O)N1CCCN(c2ccc(F)cc2)CC1. The minimum atomic E-state index is -0.232. The van der Waals surface area contributed by atoms with Gasteiger partial charge < -0.3 is 14.5 Å². The molecule has 0 radical (unpaired) electrons. The second-order valence-electron chi connectivity index (χ2n) is 6.45. The molecule has 2 aromatic rings. The predicted octanol–water partition coefficient (Wildman–Crippen LogP) is 3.51. The number of nitrogens with zero attached hydrogens (tertiary/aromatic N) is 2. The summed E-state index contributed by atoms with van der Waals surface area (Å²) in [6.45, 7) is 5.10. The van der Waals surface area contributed by atoms with E-state index in [1.165, 1.54) is 12.1 Å². The van der Waals surface area contributed by atoms with E-state index < -0.39 is 0 Å². The molecule has 0 aromatic heterocycles. The molecule has 4 nitrogen and oxygen atoms in total. The zero-order valence-electron chi connectivity index (χ0n) is 15.2. The van der Waals surface area contributed by atoms with Gasteiger partial charge in [0.15, 0.2) is 6.61 Å². The predicted molar refractivity (Wildman–Crippen MR) is 101 cm³/mol. The summed E-state index contributed by atoms with van der Waals surface area (Å²) >= 11 is 0. The molecular weight excluding hydrogens is 331 g/mol. The van der Waals surface area contributed by atoms with Crippen molar-refractivity contribution in [2.24, 2.45) is 0 Å². The quantitative estimate of drug-likeness (QED) is 0.822. The van der Waals surface area contributed by atoms with Crippen molar-refractivity contribution in [2.75, 3.05) is 37.7 Å². The van der Waals surface area contributed by atoms with Gasteiger partial charge in [0.05, 0.1) is 0 Å². The number of anilines is 1. The maximum absolute atomic E-state index is 13.1. The van der Waals surface area contributed by atoms with Crippen LogP contribution in [0.3, 0.4) is 0 Å². The zero-order valence-corrected chi connectivity index (χ0v) is 15.2. The Balaban J connectivity index is 1.55. The fourth-order valence-electron chi connectivity index (χ4n) is 3.24. The fourth-order valence-corrected chi connectivity index (χ4v) is 3.24. The molecule has 0 unspecified atom stereocenters. The van der Waals surface area contributed by atoms with Crippen LogP contribution in [-0.2, 0) is 11.2 Å². The minimum Gasteiger partial charge on any atom is -0.483 e. The lowest BCUT2D eigenvalue weighted by Gasteiger charge is -2.24. The topological polar surface area (TPSA) is 32.8 Å². The molecule has 26 heavy (non-hydrogen) atoms. The Morgan fingerprint density at radius 2 is 1.81 bits per heavy atom. The Morgan fingerprint density at radius 3 is 2.58 bits per heavy atom. The van der Waals surface area contributed by atoms with Crippen LogP contribution in [0.1, 0.15) is 18.9 Å². The Hall–Kier alpha value is -2.56. The number of para-hydroxylation sites is 1. The Kier molecular flexibility index (Phi) is 6.10. The van der Waals surface area contributed by atoms with Crippen LogP contribution in [0.2, 0.25) is 0 Å². The molecule has 5 heteroatoms. The Morgan fingerprint density at radius 1 is 1.04 bits per heavy atom. The van der Waals surface area contributed by atoms with E-state index in [4.69, 9.17) is 4.74 Å². The number of hydrogen-bond donors (Lipinski definition) is 0. The average molecular weight is 356 g/mol. The lowest BCUT2D eigenvalue weighted by molar-refractivity contribution is -0.133. The van der Waals surface area contributed by atoms with Crippen LogP contribution in [0.5, 0.6) is 5.75 Å². The summed E-state index contributed by atoms with van der Waals surface area (Å²) in [7, 11) is 0. The van der Waals surface area contributed by atoms with E-state index in [2.05, 4.69) is 11.8 Å². The number of hydrogen-bond acceptors (Lipinski definition) is 3. The van der Waals surface area contributed by atoms with E-state index in [1.807, 2.05) is 29.2 Å². The van der Waals surface area contributed by atoms with Crippen LogP contribution in [0.4, 0.5) is 10.1 Å². The highest BCUT2D eigenvalue weighted by molar-refractivity contribution is 5.78. The molecule has 0 bridgehead atoms. The van der Waals surface area contributed by atoms with Gasteiger partial charge in [-0.3, -0.25) is 4.79 Å². The lowest BCUT2D eigenvalue weighted by Crippen LogP contribution is -2.38. The van der Waals surface area contributed by atoms with Crippen molar-refractivity contribution in [1.82, 2.24) is 4.90 Å². The first-order valence-electron chi connectivity index (χ1n) is 9.16. The second-order valence-corrected chi connectivity index (χ2v) is 6.45. The van der Waals surface area contributed by atoms with Gasteiger partial charge in [0, 0.05) is 31.9 Å². The summed E-state index contributed by atoms with van der Waals surface area (Å²) in [6.07, 6.45) is 1.76. The highest BCUT2D eigenvalue weighted by Gasteiger charge is 2.20. The third-order valence-electron chi connectivity index (χ3n) is 4.75. The van der Waals surface area contributed by atoms with E-state index in [0.29, 0.717) is 6.54 Å². The van der Waals surface area contributed by atoms with Gasteiger partial charge in [0.25, 0.3) is 5.91 Å². The third-order valence-corrected chi connectivity index (χ3v) is 4.75. The summed E-state index contributed by atoms with van der Waals surface area (Å²) in [6, 6.07) is 14.4. The van der Waals surface area contributed by atoms with E-state index >= 15 is 0 Å². The number of rotatable bonds is 5. The summed E-state index contributed by atoms with van der Waals surface area (Å²) in [5.74, 6) is 0.563. The monoisotopic (exact) mass is 356 g/mol. The smallest absolute Gasteiger partial charge is 0.260 e. The highest BCUT2D eigenvalue weighted by Crippen LogP contribution is 2.19. The molecule has 1 fully saturated rings. The van der Waals surface area contributed by atoms with E-state index in [9.17, 15) is 9.18 Å². The van der Waals surface area contributed by atoms with Gasteiger partial charge in [-0.25, -0.2) is 4.39 Å². The molecule has 0 aliphatic carbocycles. The molecule has 0 atom stereocenters. The van der Waals surface area contributed by atoms with Gasteiger partial charge in [-0.15, -0.1) is 0 Å². The summed E-state index contributed by atoms with van der Waals surface area (Å²) in [5.41, 5.74) is 2.10. The summed E-state index contributed by atoms with van der Waals surface area (Å²) in [5, 5.41) is 0. The number of carbonyl (C=O) groups is 1. The maximum atomic E-state index is 13.1. The molecule has 1 aliphatic rings. The van der Waals surface area contributed by atoms with Crippen molar-refractivity contribution in [3.8, 4) is 5.75 Å². The van der Waals surface area contributed by atoms with Gasteiger partial charge in [0.1, 0.15) is 11.6 Å². The van der Waals surface area contributed by atoms with E-state index in [-0.39, 0.29) is 18.3 Å². The molecule has 0 spiro atoms. The Labute approximate surface area is 154 Å². The molecule has 1 amide bonds. The molecule has 1 aliphatic heterocycles. The van der Waals surface area contributed by atoms with Crippen LogP contribution in [0.15, 0.2) is 48.5 Å². The first-order valence-corrected chi connectivity index (χ1v) is 9.16. The Bertz CT molecular complexity index is 733. The van der Waals surface area contributed by atoms with Gasteiger partial charge in [-0.1, -0.05) is 25.1 Å². The van der Waals surface area contributed by atoms with Crippen molar-refractivity contribution in [3.63, 3.8) is 0 Å². The molecule has 0 saturated carbocycles. The zero-order chi connectivity index (χ0) is 18.4. The standard InChI is InChI=1S/C21H25FN2O2/c1-2-17-6-3-4-7-20(17)26-16-21(25)24-13-5-12-23(14-15-24)19-10-8-18(22)9-11-19/h3-4,6-11H,2,5,12-16H2,1H3. The number of amides is 1. The molecule has 1 heterocycles.